The number of ether oxygens (including phenoxy) is 3. The maximum Gasteiger partial charge on any atom is 0.285 e. The molecule has 0 bridgehead atoms. The van der Waals surface area contributed by atoms with Gasteiger partial charge in [-0.25, -0.2) is 0 Å². The molecule has 0 spiro atoms. The van der Waals surface area contributed by atoms with Crippen LogP contribution in [0.15, 0.2) is 41.3 Å². The fourth-order valence-corrected chi connectivity index (χ4v) is 4.11. The number of halogens is 1. The monoisotopic (exact) mass is 464 g/mol. The van der Waals surface area contributed by atoms with Gasteiger partial charge in [0.2, 0.25) is 5.75 Å². The second kappa shape index (κ2) is 9.38. The van der Waals surface area contributed by atoms with E-state index in [-0.39, 0.29) is 14.9 Å². The van der Waals surface area contributed by atoms with Gasteiger partial charge in [0.1, 0.15) is 0 Å². The van der Waals surface area contributed by atoms with Gasteiger partial charge in [-0.1, -0.05) is 35.5 Å². The third kappa shape index (κ3) is 4.38. The second-order valence-corrected chi connectivity index (χ2v) is 7.98. The molecule has 10 heteroatoms. The van der Waals surface area contributed by atoms with E-state index in [2.05, 4.69) is 5.43 Å². The third-order valence-electron chi connectivity index (χ3n) is 4.11. The van der Waals surface area contributed by atoms with Gasteiger partial charge < -0.3 is 14.2 Å². The molecule has 2 amide bonds. The molecule has 1 fully saturated rings. The van der Waals surface area contributed by atoms with Crippen LogP contribution >= 0.6 is 35.6 Å². The molecule has 2 aromatic carbocycles. The van der Waals surface area contributed by atoms with Crippen molar-refractivity contribution in [3.8, 4) is 17.2 Å². The van der Waals surface area contributed by atoms with Crippen LogP contribution in [0.3, 0.4) is 0 Å². The topological polar surface area (TPSA) is 77.1 Å². The van der Waals surface area contributed by atoms with Crippen LogP contribution < -0.4 is 19.6 Å². The van der Waals surface area contributed by atoms with Crippen molar-refractivity contribution in [2.24, 2.45) is 0 Å². The number of thiocarbonyl (C=S) groups is 1. The fraction of sp³-hybridized carbons (Fsp3) is 0.150. The third-order valence-corrected chi connectivity index (χ3v) is 5.74. The van der Waals surface area contributed by atoms with E-state index in [4.69, 9.17) is 38.0 Å². The first-order valence-electron chi connectivity index (χ1n) is 8.53. The quantitative estimate of drug-likeness (QED) is 0.513. The van der Waals surface area contributed by atoms with Gasteiger partial charge in [-0.15, -0.1) is 0 Å². The van der Waals surface area contributed by atoms with Crippen molar-refractivity contribution in [2.75, 3.05) is 21.3 Å². The summed E-state index contributed by atoms with van der Waals surface area (Å²) in [6, 6.07) is 9.94. The predicted molar refractivity (Wildman–Crippen MR) is 120 cm³/mol. The Morgan fingerprint density at radius 2 is 1.77 bits per heavy atom. The Morgan fingerprint density at radius 1 is 1.13 bits per heavy atom. The summed E-state index contributed by atoms with van der Waals surface area (Å²) in [7, 11) is 4.52. The summed E-state index contributed by atoms with van der Waals surface area (Å²) in [6.45, 7) is 0. The number of rotatable bonds is 6. The second-order valence-electron chi connectivity index (χ2n) is 5.90. The highest BCUT2D eigenvalue weighted by atomic mass is 35.5. The van der Waals surface area contributed by atoms with Crippen LogP contribution in [0.2, 0.25) is 5.02 Å². The summed E-state index contributed by atoms with van der Waals surface area (Å²) in [5, 5.41) is 1.29. The number of carbonyl (C=O) groups excluding carboxylic acids is 2. The van der Waals surface area contributed by atoms with E-state index >= 15 is 0 Å². The average Bonchev–Trinajstić information content (AvgIpc) is 3.00. The van der Waals surface area contributed by atoms with Crippen molar-refractivity contribution in [3.63, 3.8) is 0 Å². The Bertz CT molecular complexity index is 1030. The number of methoxy groups -OCH3 is 3. The summed E-state index contributed by atoms with van der Waals surface area (Å²) < 4.78 is 16.2. The standard InChI is InChI=1S/C20H17ClN2O5S2/c1-26-14-8-11(9-15(27-2)17(14)28-3)10-16-19(25)23(20(29)30-16)22-18(24)12-6-4-5-7-13(12)21/h4-10H,1-3H3,(H,22,24). The van der Waals surface area contributed by atoms with Crippen molar-refractivity contribution >= 4 is 57.8 Å². The number of hydrazine groups is 1. The Labute approximate surface area is 187 Å². The van der Waals surface area contributed by atoms with Gasteiger partial charge in [-0.05, 0) is 48.1 Å². The van der Waals surface area contributed by atoms with Gasteiger partial charge in [0.15, 0.2) is 15.8 Å². The van der Waals surface area contributed by atoms with Gasteiger partial charge in [-0.2, -0.15) is 5.01 Å². The molecule has 0 aliphatic carbocycles. The molecule has 1 aliphatic heterocycles. The van der Waals surface area contributed by atoms with Crippen LogP contribution in [0.25, 0.3) is 6.08 Å². The number of carbonyl (C=O) groups is 2. The van der Waals surface area contributed by atoms with E-state index in [9.17, 15) is 9.59 Å². The molecular formula is C20H17ClN2O5S2. The first-order chi connectivity index (χ1) is 14.4. The molecule has 30 heavy (non-hydrogen) atoms. The molecule has 0 unspecified atom stereocenters. The molecule has 0 saturated carbocycles. The molecular weight excluding hydrogens is 448 g/mol. The summed E-state index contributed by atoms with van der Waals surface area (Å²) in [6.07, 6.45) is 1.63. The lowest BCUT2D eigenvalue weighted by atomic mass is 10.1. The minimum Gasteiger partial charge on any atom is -0.493 e. The smallest absolute Gasteiger partial charge is 0.285 e. The molecule has 1 N–H and O–H groups in total. The number of amides is 2. The van der Waals surface area contributed by atoms with E-state index < -0.39 is 11.8 Å². The molecule has 156 valence electrons. The van der Waals surface area contributed by atoms with Gasteiger partial charge in [-0.3, -0.25) is 15.0 Å². The highest BCUT2D eigenvalue weighted by Gasteiger charge is 2.34. The fourth-order valence-electron chi connectivity index (χ4n) is 2.71. The maximum absolute atomic E-state index is 12.8. The largest absolute Gasteiger partial charge is 0.493 e. The number of thioether (sulfide) groups is 1. The molecule has 0 aromatic heterocycles. The van der Waals surface area contributed by atoms with Gasteiger partial charge in [0.05, 0.1) is 36.8 Å². The van der Waals surface area contributed by atoms with Crippen LogP contribution in [0.4, 0.5) is 0 Å². The normalized spacial score (nSPS) is 14.8. The van der Waals surface area contributed by atoms with Crippen LogP contribution in [-0.4, -0.2) is 42.5 Å². The first-order valence-corrected chi connectivity index (χ1v) is 10.1. The average molecular weight is 465 g/mol. The van der Waals surface area contributed by atoms with Crippen molar-refractivity contribution in [1.29, 1.82) is 0 Å². The van der Waals surface area contributed by atoms with Gasteiger partial charge in [0, 0.05) is 0 Å². The Morgan fingerprint density at radius 3 is 2.33 bits per heavy atom. The van der Waals surface area contributed by atoms with E-state index in [1.165, 1.54) is 21.3 Å². The van der Waals surface area contributed by atoms with Crippen molar-refractivity contribution in [2.45, 2.75) is 0 Å². The molecule has 0 atom stereocenters. The zero-order chi connectivity index (χ0) is 21.8. The number of nitrogens with zero attached hydrogens (tertiary/aromatic N) is 1. The van der Waals surface area contributed by atoms with Crippen LogP contribution in [0.5, 0.6) is 17.2 Å². The molecule has 1 heterocycles. The first kappa shape index (κ1) is 21.9. The van der Waals surface area contributed by atoms with E-state index in [0.717, 1.165) is 16.8 Å². The minimum atomic E-state index is -0.536. The highest BCUT2D eigenvalue weighted by molar-refractivity contribution is 8.26. The van der Waals surface area contributed by atoms with E-state index in [0.29, 0.717) is 27.7 Å². The summed E-state index contributed by atoms with van der Waals surface area (Å²) >= 11 is 12.4. The number of hydrogen-bond acceptors (Lipinski definition) is 7. The summed E-state index contributed by atoms with van der Waals surface area (Å²) in [5.41, 5.74) is 3.38. The molecule has 1 aliphatic rings. The maximum atomic E-state index is 12.8. The Kier molecular flexibility index (Phi) is 6.86. The van der Waals surface area contributed by atoms with E-state index in [1.807, 2.05) is 0 Å². The lowest BCUT2D eigenvalue weighted by Gasteiger charge is -2.16. The molecule has 3 rings (SSSR count). The van der Waals surface area contributed by atoms with E-state index in [1.54, 1.807) is 42.5 Å². The number of hydrogen-bond donors (Lipinski definition) is 1. The van der Waals surface area contributed by atoms with Crippen molar-refractivity contribution in [1.82, 2.24) is 10.4 Å². The van der Waals surface area contributed by atoms with Gasteiger partial charge in [0.25, 0.3) is 11.8 Å². The number of benzene rings is 2. The Balaban J connectivity index is 1.86. The lowest BCUT2D eigenvalue weighted by Crippen LogP contribution is -2.44. The predicted octanol–water partition coefficient (Wildman–Crippen LogP) is 3.91. The zero-order valence-electron chi connectivity index (χ0n) is 16.2. The summed E-state index contributed by atoms with van der Waals surface area (Å²) in [4.78, 5) is 25.6. The number of nitrogens with one attached hydrogen (secondary N) is 1. The zero-order valence-corrected chi connectivity index (χ0v) is 18.6. The SMILES string of the molecule is COc1cc(C=C2SC(=S)N(NC(=O)c3ccccc3Cl)C2=O)cc(OC)c1OC. The van der Waals surface area contributed by atoms with Crippen molar-refractivity contribution < 1.29 is 23.8 Å². The van der Waals surface area contributed by atoms with Crippen molar-refractivity contribution in [3.05, 3.63) is 57.5 Å². The summed E-state index contributed by atoms with van der Waals surface area (Å²) in [5.74, 6) is 0.345. The molecule has 2 aromatic rings. The van der Waals surface area contributed by atoms with Crippen LogP contribution in [0, 0.1) is 0 Å². The molecule has 1 saturated heterocycles. The molecule has 0 radical (unpaired) electrons. The highest BCUT2D eigenvalue weighted by Crippen LogP contribution is 2.40. The minimum absolute atomic E-state index is 0.194. The van der Waals surface area contributed by atoms with Crippen LogP contribution in [-0.2, 0) is 4.79 Å². The Hall–Kier alpha value is -2.75. The van der Waals surface area contributed by atoms with Gasteiger partial charge >= 0.3 is 0 Å². The molecule has 7 nitrogen and oxygen atoms in total. The lowest BCUT2D eigenvalue weighted by molar-refractivity contribution is -0.123. The van der Waals surface area contributed by atoms with Crippen LogP contribution in [0.1, 0.15) is 15.9 Å².